The van der Waals surface area contributed by atoms with Gasteiger partial charge in [0.25, 0.3) is 0 Å². The molecule has 10 aromatic rings. The molecule has 0 aliphatic heterocycles. The Kier molecular flexibility index (Phi) is 7.70. The second-order valence-electron chi connectivity index (χ2n) is 19.0. The normalized spacial score (nSPS) is 21.8. The van der Waals surface area contributed by atoms with Crippen molar-refractivity contribution < 1.29 is 4.39 Å². The van der Waals surface area contributed by atoms with Gasteiger partial charge in [0.05, 0.1) is 0 Å². The van der Waals surface area contributed by atoms with Crippen molar-refractivity contribution >= 4 is 70.1 Å². The molecule has 9 aromatic carbocycles. The SMILES string of the molecule is Fc1ccc(-c2ccc(N(c3ccc4c(c3)sc3ccccc34)c3ccc4c(-c5cccc6c5C5(c7ccccc7-6)C6CC7CC(C6)CC5C7)cc5ccccc5c4c3)cc2)cc1. The van der Waals surface area contributed by atoms with Crippen LogP contribution in [0.25, 0.3) is 75.1 Å². The maximum Gasteiger partial charge on any atom is 0.123 e. The van der Waals surface area contributed by atoms with Gasteiger partial charge >= 0.3 is 0 Å². The lowest BCUT2D eigenvalue weighted by Gasteiger charge is -2.61. The van der Waals surface area contributed by atoms with Crippen molar-refractivity contribution in [2.75, 3.05) is 4.90 Å². The number of hydrogen-bond acceptors (Lipinski definition) is 2. The molecule has 5 aliphatic rings. The lowest BCUT2D eigenvalue weighted by atomic mass is 9.42. The first-order chi connectivity index (χ1) is 31.1. The third kappa shape index (κ3) is 5.21. The number of thiophene rings is 1. The molecule has 1 spiro atoms. The molecule has 3 heteroatoms. The quantitative estimate of drug-likeness (QED) is 0.156. The van der Waals surface area contributed by atoms with Crippen molar-refractivity contribution in [2.24, 2.45) is 23.7 Å². The van der Waals surface area contributed by atoms with Crippen molar-refractivity contribution in [1.82, 2.24) is 0 Å². The number of nitrogens with zero attached hydrogens (tertiary/aromatic N) is 1. The predicted octanol–water partition coefficient (Wildman–Crippen LogP) is 17.0. The highest BCUT2D eigenvalue weighted by Crippen LogP contribution is 2.70. The Morgan fingerprint density at radius 1 is 0.429 bits per heavy atom. The van der Waals surface area contributed by atoms with Crippen molar-refractivity contribution in [2.45, 2.75) is 37.5 Å². The summed E-state index contributed by atoms with van der Waals surface area (Å²) in [5.41, 5.74) is 14.3. The van der Waals surface area contributed by atoms with Crippen LogP contribution < -0.4 is 4.90 Å². The van der Waals surface area contributed by atoms with Gasteiger partial charge in [-0.05, 0) is 182 Å². The van der Waals surface area contributed by atoms with Gasteiger partial charge in [0, 0.05) is 42.6 Å². The molecule has 1 heterocycles. The number of halogens is 1. The smallest absolute Gasteiger partial charge is 0.123 e. The van der Waals surface area contributed by atoms with Crippen molar-refractivity contribution in [3.63, 3.8) is 0 Å². The molecule has 0 amide bonds. The molecule has 0 radical (unpaired) electrons. The van der Waals surface area contributed by atoms with Gasteiger partial charge < -0.3 is 4.90 Å². The zero-order valence-corrected chi connectivity index (χ0v) is 35.7. The van der Waals surface area contributed by atoms with E-state index in [2.05, 4.69) is 163 Å². The summed E-state index contributed by atoms with van der Waals surface area (Å²) in [6.07, 6.45) is 6.91. The molecule has 63 heavy (non-hydrogen) atoms. The first kappa shape index (κ1) is 36.0. The van der Waals surface area contributed by atoms with Crippen LogP contribution in [0.4, 0.5) is 21.5 Å². The van der Waals surface area contributed by atoms with Crippen molar-refractivity contribution in [1.29, 1.82) is 0 Å². The molecule has 4 saturated carbocycles. The highest BCUT2D eigenvalue weighted by Gasteiger charge is 2.62. The van der Waals surface area contributed by atoms with Gasteiger partial charge in [-0.3, -0.25) is 0 Å². The second-order valence-corrected chi connectivity index (χ2v) is 20.1. The van der Waals surface area contributed by atoms with E-state index < -0.39 is 0 Å². The van der Waals surface area contributed by atoms with Crippen LogP contribution in [0.1, 0.15) is 43.2 Å². The summed E-state index contributed by atoms with van der Waals surface area (Å²) in [4.78, 5) is 2.42. The van der Waals surface area contributed by atoms with Crippen molar-refractivity contribution in [3.05, 3.63) is 199 Å². The van der Waals surface area contributed by atoms with E-state index >= 15 is 0 Å². The summed E-state index contributed by atoms with van der Waals surface area (Å²) in [5, 5.41) is 7.69. The molecule has 1 nitrogen and oxygen atoms in total. The molecular formula is C60H44FNS. The third-order valence-electron chi connectivity index (χ3n) is 15.9. The molecule has 15 rings (SSSR count). The Morgan fingerprint density at radius 3 is 1.79 bits per heavy atom. The van der Waals surface area contributed by atoms with Crippen LogP contribution in [-0.2, 0) is 5.41 Å². The Hall–Kier alpha value is -6.55. The topological polar surface area (TPSA) is 3.24 Å². The Bertz CT molecular complexity index is 3460. The number of fused-ring (bicyclic) bond motifs is 9. The first-order valence-electron chi connectivity index (χ1n) is 22.9. The van der Waals surface area contributed by atoms with Crippen LogP contribution in [0.2, 0.25) is 0 Å². The third-order valence-corrected chi connectivity index (χ3v) is 17.0. The zero-order valence-electron chi connectivity index (χ0n) is 34.9. The predicted molar refractivity (Wildman–Crippen MR) is 263 cm³/mol. The van der Waals surface area contributed by atoms with E-state index in [-0.39, 0.29) is 11.2 Å². The summed E-state index contributed by atoms with van der Waals surface area (Å²) in [5.74, 6) is 2.94. The minimum Gasteiger partial charge on any atom is -0.310 e. The Balaban J connectivity index is 0.982. The van der Waals surface area contributed by atoms with Crippen LogP contribution >= 0.6 is 11.3 Å². The maximum absolute atomic E-state index is 13.9. The van der Waals surface area contributed by atoms with Gasteiger partial charge in [-0.15, -0.1) is 11.3 Å². The summed E-state index contributed by atoms with van der Waals surface area (Å²) < 4.78 is 16.5. The van der Waals surface area contributed by atoms with Crippen LogP contribution in [0.5, 0.6) is 0 Å². The summed E-state index contributed by atoms with van der Waals surface area (Å²) in [7, 11) is 0. The van der Waals surface area contributed by atoms with Crippen LogP contribution in [-0.4, -0.2) is 0 Å². The van der Waals surface area contributed by atoms with Gasteiger partial charge in [0.1, 0.15) is 5.82 Å². The molecule has 0 unspecified atom stereocenters. The molecule has 0 saturated heterocycles. The lowest BCUT2D eigenvalue weighted by molar-refractivity contribution is -0.0397. The van der Waals surface area contributed by atoms with E-state index in [0.29, 0.717) is 11.8 Å². The first-order valence-corrected chi connectivity index (χ1v) is 23.7. The molecule has 302 valence electrons. The van der Waals surface area contributed by atoms with E-state index in [1.54, 1.807) is 11.1 Å². The maximum atomic E-state index is 13.9. The fraction of sp³-hybridized carbons (Fsp3) is 0.167. The molecule has 1 aromatic heterocycles. The zero-order chi connectivity index (χ0) is 41.4. The largest absolute Gasteiger partial charge is 0.310 e. The highest BCUT2D eigenvalue weighted by molar-refractivity contribution is 7.25. The Labute approximate surface area is 371 Å². The molecular weight excluding hydrogens is 786 g/mol. The number of anilines is 3. The van der Waals surface area contributed by atoms with Gasteiger partial charge in [-0.1, -0.05) is 121 Å². The van der Waals surface area contributed by atoms with E-state index in [4.69, 9.17) is 0 Å². The van der Waals surface area contributed by atoms with Crippen molar-refractivity contribution in [3.8, 4) is 33.4 Å². The summed E-state index contributed by atoms with van der Waals surface area (Å²) >= 11 is 1.85. The van der Waals surface area contributed by atoms with E-state index in [1.165, 1.54) is 108 Å². The number of hydrogen-bond donors (Lipinski definition) is 0. The fourth-order valence-corrected chi connectivity index (χ4v) is 14.8. The molecule has 5 aliphatic carbocycles. The molecule has 0 N–H and O–H groups in total. The summed E-state index contributed by atoms with van der Waals surface area (Å²) in [6.45, 7) is 0. The average Bonchev–Trinajstić information content (AvgIpc) is 3.84. The second kappa shape index (κ2) is 13.5. The number of rotatable bonds is 5. The monoisotopic (exact) mass is 829 g/mol. The minimum absolute atomic E-state index is 0.0654. The Morgan fingerprint density at radius 2 is 1.02 bits per heavy atom. The fourth-order valence-electron chi connectivity index (χ4n) is 13.6. The van der Waals surface area contributed by atoms with E-state index in [9.17, 15) is 4.39 Å². The minimum atomic E-state index is -0.223. The van der Waals surface area contributed by atoms with Crippen LogP contribution in [0.15, 0.2) is 182 Å². The summed E-state index contributed by atoms with van der Waals surface area (Å²) in [6, 6.07) is 66.6. The standard InChI is InChI=1S/C60H44FNS/c61-43-20-16-38(17-21-43)39-18-22-44(23-19-39)62(46-25-27-51-50-11-4-6-15-57(50)63-58(51)35-46)45-24-26-48-54(33-40-8-1-2-9-47(40)55(48)34-45)53-13-7-12-52-49-10-3-5-14-56(49)60(59(52)53)41-29-36-28-37(31-41)32-42(60)30-36/h1-27,33-37,41-42H,28-32H2. The van der Waals surface area contributed by atoms with Gasteiger partial charge in [-0.2, -0.15) is 0 Å². The average molecular weight is 830 g/mol. The molecule has 4 bridgehead atoms. The van der Waals surface area contributed by atoms with E-state index in [1.807, 2.05) is 23.5 Å². The van der Waals surface area contributed by atoms with Gasteiger partial charge in [0.15, 0.2) is 0 Å². The van der Waals surface area contributed by atoms with E-state index in [0.717, 1.165) is 40.0 Å². The molecule has 4 fully saturated rings. The number of benzene rings is 9. The molecule has 0 atom stereocenters. The lowest BCUT2D eigenvalue weighted by Crippen LogP contribution is -2.55. The van der Waals surface area contributed by atoms with Crippen LogP contribution in [0, 0.1) is 29.5 Å². The van der Waals surface area contributed by atoms with Gasteiger partial charge in [0.2, 0.25) is 0 Å². The van der Waals surface area contributed by atoms with Gasteiger partial charge in [-0.25, -0.2) is 4.39 Å². The van der Waals surface area contributed by atoms with Crippen LogP contribution in [0.3, 0.4) is 0 Å². The highest BCUT2D eigenvalue weighted by atomic mass is 32.1.